The Hall–Kier alpha value is -2.73. The molecular formula is C16H11NO4S. The largest absolute Gasteiger partial charge is 0.454 e. The van der Waals surface area contributed by atoms with Gasteiger partial charge in [0, 0.05) is 12.2 Å². The molecule has 2 aromatic heterocycles. The third kappa shape index (κ3) is 3.29. The SMILES string of the molecule is O=C(/C=C/c1nc2ccccc2o1)OCC(=O)c1cccs1. The van der Waals surface area contributed by atoms with E-state index in [0.717, 1.165) is 0 Å². The topological polar surface area (TPSA) is 69.4 Å². The number of thiophene rings is 1. The minimum Gasteiger partial charge on any atom is -0.454 e. The number of rotatable bonds is 5. The van der Waals surface area contributed by atoms with Crippen molar-refractivity contribution in [3.8, 4) is 0 Å². The molecular weight excluding hydrogens is 302 g/mol. The quantitative estimate of drug-likeness (QED) is 0.410. The lowest BCUT2D eigenvalue weighted by Crippen LogP contribution is -2.11. The maximum Gasteiger partial charge on any atom is 0.331 e. The molecule has 6 heteroatoms. The first-order valence-corrected chi connectivity index (χ1v) is 7.37. The Morgan fingerprint density at radius 3 is 2.86 bits per heavy atom. The third-order valence-corrected chi connectivity index (χ3v) is 3.72. The molecule has 0 N–H and O–H groups in total. The van der Waals surface area contributed by atoms with Crippen LogP contribution in [0, 0.1) is 0 Å². The molecule has 0 saturated carbocycles. The van der Waals surface area contributed by atoms with Crippen LogP contribution >= 0.6 is 11.3 Å². The van der Waals surface area contributed by atoms with Gasteiger partial charge in [-0.05, 0) is 23.6 Å². The number of carbonyl (C=O) groups excluding carboxylic acids is 2. The van der Waals surface area contributed by atoms with Gasteiger partial charge in [0.25, 0.3) is 0 Å². The van der Waals surface area contributed by atoms with E-state index >= 15 is 0 Å². The van der Waals surface area contributed by atoms with Crippen LogP contribution in [0.25, 0.3) is 17.2 Å². The number of aromatic nitrogens is 1. The van der Waals surface area contributed by atoms with Crippen molar-refractivity contribution in [1.29, 1.82) is 0 Å². The van der Waals surface area contributed by atoms with Gasteiger partial charge in [-0.2, -0.15) is 0 Å². The van der Waals surface area contributed by atoms with Crippen molar-refractivity contribution in [2.45, 2.75) is 0 Å². The zero-order valence-corrected chi connectivity index (χ0v) is 12.2. The Morgan fingerprint density at radius 2 is 2.09 bits per heavy atom. The minimum atomic E-state index is -0.618. The molecule has 0 amide bonds. The normalized spacial score (nSPS) is 11.1. The highest BCUT2D eigenvalue weighted by atomic mass is 32.1. The van der Waals surface area contributed by atoms with E-state index in [4.69, 9.17) is 9.15 Å². The van der Waals surface area contributed by atoms with Gasteiger partial charge < -0.3 is 9.15 Å². The molecule has 3 rings (SSSR count). The van der Waals surface area contributed by atoms with Crippen LogP contribution in [-0.4, -0.2) is 23.3 Å². The number of fused-ring (bicyclic) bond motifs is 1. The van der Waals surface area contributed by atoms with Gasteiger partial charge in [-0.15, -0.1) is 11.3 Å². The van der Waals surface area contributed by atoms with E-state index in [2.05, 4.69) is 4.98 Å². The summed E-state index contributed by atoms with van der Waals surface area (Å²) >= 11 is 1.31. The molecule has 0 saturated heterocycles. The zero-order chi connectivity index (χ0) is 15.4. The number of oxazole rings is 1. The van der Waals surface area contributed by atoms with E-state index in [0.29, 0.717) is 21.9 Å². The number of ketones is 1. The van der Waals surface area contributed by atoms with Crippen LogP contribution in [0.2, 0.25) is 0 Å². The van der Waals surface area contributed by atoms with E-state index in [9.17, 15) is 9.59 Å². The minimum absolute atomic E-state index is 0.224. The standard InChI is InChI=1S/C16H11NO4S/c18-12(14-6-3-9-22-14)10-20-16(19)8-7-15-17-11-4-1-2-5-13(11)21-15/h1-9H,10H2/b8-7+. The predicted molar refractivity (Wildman–Crippen MR) is 82.7 cm³/mol. The fourth-order valence-corrected chi connectivity index (χ4v) is 2.45. The second kappa shape index (κ2) is 6.36. The number of ether oxygens (including phenoxy) is 1. The molecule has 0 aliphatic rings. The second-order valence-electron chi connectivity index (χ2n) is 4.36. The summed E-state index contributed by atoms with van der Waals surface area (Å²) in [6, 6.07) is 10.8. The average molecular weight is 313 g/mol. The summed E-state index contributed by atoms with van der Waals surface area (Å²) in [7, 11) is 0. The number of esters is 1. The zero-order valence-electron chi connectivity index (χ0n) is 11.4. The number of benzene rings is 1. The number of carbonyl (C=O) groups is 2. The molecule has 0 radical (unpaired) electrons. The fraction of sp³-hybridized carbons (Fsp3) is 0.0625. The highest BCUT2D eigenvalue weighted by Crippen LogP contribution is 2.15. The lowest BCUT2D eigenvalue weighted by molar-refractivity contribution is -0.136. The van der Waals surface area contributed by atoms with Crippen molar-refractivity contribution in [1.82, 2.24) is 4.98 Å². The molecule has 5 nitrogen and oxygen atoms in total. The van der Waals surface area contributed by atoms with Gasteiger partial charge in [0.15, 0.2) is 12.2 Å². The summed E-state index contributed by atoms with van der Waals surface area (Å²) in [4.78, 5) is 28.0. The summed E-state index contributed by atoms with van der Waals surface area (Å²) in [6.45, 7) is -0.281. The summed E-state index contributed by atoms with van der Waals surface area (Å²) in [5.74, 6) is -0.534. The monoisotopic (exact) mass is 313 g/mol. The number of hydrogen-bond acceptors (Lipinski definition) is 6. The molecule has 0 atom stereocenters. The lowest BCUT2D eigenvalue weighted by atomic mass is 10.3. The Morgan fingerprint density at radius 1 is 1.23 bits per heavy atom. The van der Waals surface area contributed by atoms with Crippen molar-refractivity contribution < 1.29 is 18.7 Å². The first kappa shape index (κ1) is 14.2. The van der Waals surface area contributed by atoms with Crippen LogP contribution < -0.4 is 0 Å². The smallest absolute Gasteiger partial charge is 0.331 e. The molecule has 0 aliphatic heterocycles. The number of nitrogens with zero attached hydrogens (tertiary/aromatic N) is 1. The Bertz CT molecular complexity index is 800. The molecule has 110 valence electrons. The van der Waals surface area contributed by atoms with Gasteiger partial charge in [0.1, 0.15) is 5.52 Å². The van der Waals surface area contributed by atoms with Crippen molar-refractivity contribution in [3.05, 3.63) is 58.6 Å². The highest BCUT2D eigenvalue weighted by molar-refractivity contribution is 7.12. The molecule has 0 aliphatic carbocycles. The van der Waals surface area contributed by atoms with Crippen LogP contribution in [0.15, 0.2) is 52.3 Å². The van der Waals surface area contributed by atoms with E-state index < -0.39 is 5.97 Å². The molecule has 0 spiro atoms. The molecule has 2 heterocycles. The van der Waals surface area contributed by atoms with Crippen LogP contribution in [-0.2, 0) is 9.53 Å². The van der Waals surface area contributed by atoms with Gasteiger partial charge in [-0.1, -0.05) is 18.2 Å². The maximum absolute atomic E-state index is 11.7. The Balaban J connectivity index is 1.58. The van der Waals surface area contributed by atoms with E-state index in [-0.39, 0.29) is 12.4 Å². The molecule has 0 unspecified atom stereocenters. The molecule has 3 aromatic rings. The highest BCUT2D eigenvalue weighted by Gasteiger charge is 2.09. The van der Waals surface area contributed by atoms with Gasteiger partial charge >= 0.3 is 5.97 Å². The van der Waals surface area contributed by atoms with Gasteiger partial charge in [-0.25, -0.2) is 9.78 Å². The average Bonchev–Trinajstić information content (AvgIpc) is 3.19. The summed E-state index contributed by atoms with van der Waals surface area (Å²) < 4.78 is 10.3. The third-order valence-electron chi connectivity index (χ3n) is 2.81. The lowest BCUT2D eigenvalue weighted by Gasteiger charge is -1.98. The van der Waals surface area contributed by atoms with E-state index in [1.165, 1.54) is 23.5 Å². The van der Waals surface area contributed by atoms with Gasteiger partial charge in [0.2, 0.25) is 11.7 Å². The Labute approximate surface area is 129 Å². The number of Topliss-reactive ketones (excluding diaryl/α,β-unsaturated/α-hetero) is 1. The summed E-state index contributed by atoms with van der Waals surface area (Å²) in [6.07, 6.45) is 2.60. The Kier molecular flexibility index (Phi) is 4.11. The maximum atomic E-state index is 11.7. The molecule has 1 aromatic carbocycles. The van der Waals surface area contributed by atoms with Crippen LogP contribution in [0.4, 0.5) is 0 Å². The first-order chi connectivity index (χ1) is 10.7. The second-order valence-corrected chi connectivity index (χ2v) is 5.31. The van der Waals surface area contributed by atoms with Crippen molar-refractivity contribution >= 4 is 40.3 Å². The fourth-order valence-electron chi connectivity index (χ4n) is 1.79. The van der Waals surface area contributed by atoms with Gasteiger partial charge in [-0.3, -0.25) is 4.79 Å². The van der Waals surface area contributed by atoms with Crippen LogP contribution in [0.5, 0.6) is 0 Å². The van der Waals surface area contributed by atoms with Gasteiger partial charge in [0.05, 0.1) is 4.88 Å². The van der Waals surface area contributed by atoms with Crippen LogP contribution in [0.1, 0.15) is 15.6 Å². The number of hydrogen-bond donors (Lipinski definition) is 0. The van der Waals surface area contributed by atoms with Crippen molar-refractivity contribution in [3.63, 3.8) is 0 Å². The molecule has 0 fully saturated rings. The summed E-state index contributed by atoms with van der Waals surface area (Å²) in [5, 5.41) is 1.79. The molecule has 0 bridgehead atoms. The van der Waals surface area contributed by atoms with E-state index in [1.807, 2.05) is 18.2 Å². The molecule has 22 heavy (non-hydrogen) atoms. The van der Waals surface area contributed by atoms with Crippen molar-refractivity contribution in [2.24, 2.45) is 0 Å². The predicted octanol–water partition coefficient (Wildman–Crippen LogP) is 3.33. The number of para-hydroxylation sites is 2. The van der Waals surface area contributed by atoms with Crippen molar-refractivity contribution in [2.75, 3.05) is 6.61 Å². The van der Waals surface area contributed by atoms with Crippen LogP contribution in [0.3, 0.4) is 0 Å². The van der Waals surface area contributed by atoms with E-state index in [1.54, 1.807) is 23.6 Å². The summed E-state index contributed by atoms with van der Waals surface area (Å²) in [5.41, 5.74) is 1.35. The first-order valence-electron chi connectivity index (χ1n) is 6.49.